The molecule has 0 saturated heterocycles. The van der Waals surface area contributed by atoms with Gasteiger partial charge in [-0.2, -0.15) is 5.10 Å². The Morgan fingerprint density at radius 2 is 1.88 bits per heavy atom. The van der Waals surface area contributed by atoms with Gasteiger partial charge in [-0.05, 0) is 62.7 Å². The third-order valence-corrected chi connectivity index (χ3v) is 7.82. The lowest BCUT2D eigenvalue weighted by Gasteiger charge is -2.58. The first-order valence-corrected chi connectivity index (χ1v) is 10.7. The molecule has 1 heterocycles. The average molecular weight is 378 g/mol. The Labute approximate surface area is 159 Å². The minimum atomic E-state index is -0.471. The van der Waals surface area contributed by atoms with E-state index in [1.807, 2.05) is 4.68 Å². The highest BCUT2D eigenvalue weighted by Crippen LogP contribution is 2.55. The summed E-state index contributed by atoms with van der Waals surface area (Å²) in [7, 11) is 0. The van der Waals surface area contributed by atoms with Crippen molar-refractivity contribution >= 4 is 17.5 Å². The number of carbonyl (C=O) groups excluding carboxylic acids is 1. The van der Waals surface area contributed by atoms with Crippen LogP contribution in [-0.2, 0) is 0 Å². The van der Waals surface area contributed by atoms with Gasteiger partial charge in [0.25, 0.3) is 5.91 Å². The molecule has 6 rings (SSSR count). The summed E-state index contributed by atoms with van der Waals surface area (Å²) in [6, 6.07) is 0.502. The number of carbonyl (C=O) groups is 1. The first-order chi connectivity index (χ1) is 12.5. The molecule has 1 amide bonds. The fourth-order valence-corrected chi connectivity index (χ4v) is 6.84. The summed E-state index contributed by atoms with van der Waals surface area (Å²) < 4.78 is 1.86. The van der Waals surface area contributed by atoms with E-state index < -0.39 is 5.60 Å². The zero-order chi connectivity index (χ0) is 17.9. The molecule has 0 aliphatic heterocycles. The van der Waals surface area contributed by atoms with Gasteiger partial charge in [0.2, 0.25) is 0 Å². The van der Waals surface area contributed by atoms with Gasteiger partial charge in [0.15, 0.2) is 0 Å². The third-order valence-electron chi connectivity index (χ3n) is 7.44. The van der Waals surface area contributed by atoms with E-state index in [4.69, 9.17) is 11.6 Å². The highest BCUT2D eigenvalue weighted by atomic mass is 35.5. The Bertz CT molecular complexity index is 696. The summed E-state index contributed by atoms with van der Waals surface area (Å²) in [4.78, 5) is 12.9. The van der Waals surface area contributed by atoms with Gasteiger partial charge >= 0.3 is 0 Å². The maximum Gasteiger partial charge on any atom is 0.256 e. The SMILES string of the molecule is O=C(NC1[C@H]2CC3C[C@H]1CC(O)(C3)C2)c1cnn(C2CCCCC2)c1Cl. The number of nitrogens with one attached hydrogen (secondary N) is 1. The van der Waals surface area contributed by atoms with Gasteiger partial charge in [0.05, 0.1) is 23.4 Å². The molecular weight excluding hydrogens is 350 g/mol. The molecule has 0 unspecified atom stereocenters. The molecule has 26 heavy (non-hydrogen) atoms. The fraction of sp³-hybridized carbons (Fsp3) is 0.800. The molecule has 0 aromatic carbocycles. The largest absolute Gasteiger partial charge is 0.390 e. The van der Waals surface area contributed by atoms with E-state index >= 15 is 0 Å². The molecule has 142 valence electrons. The molecule has 4 bridgehead atoms. The summed E-state index contributed by atoms with van der Waals surface area (Å²) in [5, 5.41) is 18.9. The zero-order valence-electron chi connectivity index (χ0n) is 15.2. The quantitative estimate of drug-likeness (QED) is 0.843. The molecule has 0 radical (unpaired) electrons. The van der Waals surface area contributed by atoms with Crippen molar-refractivity contribution in [3.05, 3.63) is 16.9 Å². The molecule has 6 heteroatoms. The number of aromatic nitrogens is 2. The Hall–Kier alpha value is -1.07. The predicted molar refractivity (Wildman–Crippen MR) is 99.1 cm³/mol. The molecule has 5 aliphatic rings. The second kappa shape index (κ2) is 6.23. The maximum atomic E-state index is 12.9. The number of aliphatic hydroxyl groups is 1. The van der Waals surface area contributed by atoms with E-state index in [1.165, 1.54) is 19.3 Å². The van der Waals surface area contributed by atoms with Crippen molar-refractivity contribution in [2.75, 3.05) is 0 Å². The van der Waals surface area contributed by atoms with Crippen LogP contribution in [-0.4, -0.2) is 32.4 Å². The van der Waals surface area contributed by atoms with E-state index in [-0.39, 0.29) is 11.9 Å². The second-order valence-electron chi connectivity index (χ2n) is 9.28. The molecular formula is C20H28ClN3O2. The third kappa shape index (κ3) is 2.78. The first kappa shape index (κ1) is 17.1. The standard InChI is InChI=1S/C20H28ClN3O2/c21-18-16(11-22-24(18)15-4-2-1-3-5-15)19(25)23-17-13-6-12-7-14(17)10-20(26,8-12)9-13/h11-15,17,26H,1-10H2,(H,23,25)/t12?,13-,14-,17?,20?/m0/s1. The topological polar surface area (TPSA) is 67.2 Å². The van der Waals surface area contributed by atoms with Gasteiger partial charge in [-0.3, -0.25) is 9.48 Å². The highest BCUT2D eigenvalue weighted by Gasteiger charge is 2.55. The van der Waals surface area contributed by atoms with Crippen LogP contribution in [0, 0.1) is 17.8 Å². The number of halogens is 1. The minimum absolute atomic E-state index is 0.0958. The van der Waals surface area contributed by atoms with E-state index in [2.05, 4.69) is 10.4 Å². The Kier molecular flexibility index (Phi) is 4.09. The number of nitrogens with zero attached hydrogens (tertiary/aromatic N) is 2. The van der Waals surface area contributed by atoms with Crippen molar-refractivity contribution in [3.63, 3.8) is 0 Å². The lowest BCUT2D eigenvalue weighted by atomic mass is 9.52. The van der Waals surface area contributed by atoms with Crippen LogP contribution >= 0.6 is 11.6 Å². The molecule has 1 aromatic heterocycles. The molecule has 2 atom stereocenters. The Morgan fingerprint density at radius 1 is 1.19 bits per heavy atom. The molecule has 5 nitrogen and oxygen atoms in total. The van der Waals surface area contributed by atoms with Crippen molar-refractivity contribution in [3.8, 4) is 0 Å². The van der Waals surface area contributed by atoms with Gasteiger partial charge in [0, 0.05) is 6.04 Å². The molecule has 0 spiro atoms. The van der Waals surface area contributed by atoms with Crippen LogP contribution in [0.2, 0.25) is 5.15 Å². The lowest BCUT2D eigenvalue weighted by molar-refractivity contribution is -0.136. The van der Waals surface area contributed by atoms with Crippen LogP contribution in [0.4, 0.5) is 0 Å². The molecule has 5 fully saturated rings. The second-order valence-corrected chi connectivity index (χ2v) is 9.64. The van der Waals surface area contributed by atoms with Gasteiger partial charge in [0.1, 0.15) is 5.15 Å². The average Bonchev–Trinajstić information content (AvgIpc) is 2.99. The van der Waals surface area contributed by atoms with Crippen LogP contribution < -0.4 is 5.32 Å². The van der Waals surface area contributed by atoms with E-state index in [9.17, 15) is 9.90 Å². The summed E-state index contributed by atoms with van der Waals surface area (Å²) in [6.07, 6.45) is 12.4. The van der Waals surface area contributed by atoms with E-state index in [1.54, 1.807) is 6.20 Å². The lowest BCUT2D eigenvalue weighted by Crippen LogP contribution is -2.61. The Balaban J connectivity index is 1.31. The van der Waals surface area contributed by atoms with Crippen molar-refractivity contribution in [1.29, 1.82) is 0 Å². The van der Waals surface area contributed by atoms with Crippen LogP contribution in [0.1, 0.15) is 80.6 Å². The van der Waals surface area contributed by atoms with Crippen molar-refractivity contribution in [1.82, 2.24) is 15.1 Å². The van der Waals surface area contributed by atoms with E-state index in [0.717, 1.165) is 44.9 Å². The monoisotopic (exact) mass is 377 g/mol. The number of hydrogen-bond donors (Lipinski definition) is 2. The number of hydrogen-bond acceptors (Lipinski definition) is 3. The van der Waals surface area contributed by atoms with Gasteiger partial charge in [-0.25, -0.2) is 0 Å². The first-order valence-electron chi connectivity index (χ1n) is 10.3. The molecule has 2 N–H and O–H groups in total. The van der Waals surface area contributed by atoms with Gasteiger partial charge in [-0.15, -0.1) is 0 Å². The zero-order valence-corrected chi connectivity index (χ0v) is 15.9. The summed E-state index contributed by atoms with van der Waals surface area (Å²) >= 11 is 6.54. The Morgan fingerprint density at radius 3 is 2.54 bits per heavy atom. The summed E-state index contributed by atoms with van der Waals surface area (Å²) in [6.45, 7) is 0. The van der Waals surface area contributed by atoms with E-state index in [0.29, 0.717) is 34.5 Å². The fourth-order valence-electron chi connectivity index (χ4n) is 6.53. The van der Waals surface area contributed by atoms with Crippen molar-refractivity contribution in [2.45, 2.75) is 81.9 Å². The maximum absolute atomic E-state index is 12.9. The van der Waals surface area contributed by atoms with Gasteiger partial charge < -0.3 is 10.4 Å². The smallest absolute Gasteiger partial charge is 0.256 e. The van der Waals surface area contributed by atoms with Crippen molar-refractivity contribution in [2.24, 2.45) is 17.8 Å². The predicted octanol–water partition coefficient (Wildman–Crippen LogP) is 3.71. The van der Waals surface area contributed by atoms with Crippen LogP contribution in [0.3, 0.4) is 0 Å². The summed E-state index contributed by atoms with van der Waals surface area (Å²) in [5.41, 5.74) is 0.0334. The number of rotatable bonds is 3. The number of amides is 1. The molecule has 5 aliphatic carbocycles. The van der Waals surface area contributed by atoms with Crippen LogP contribution in [0.15, 0.2) is 6.20 Å². The van der Waals surface area contributed by atoms with Crippen molar-refractivity contribution < 1.29 is 9.90 Å². The van der Waals surface area contributed by atoms with Crippen LogP contribution in [0.5, 0.6) is 0 Å². The molecule has 5 saturated carbocycles. The normalized spacial score (nSPS) is 39.3. The van der Waals surface area contributed by atoms with Crippen LogP contribution in [0.25, 0.3) is 0 Å². The highest BCUT2D eigenvalue weighted by molar-refractivity contribution is 6.32. The molecule has 1 aromatic rings. The minimum Gasteiger partial charge on any atom is -0.390 e. The summed E-state index contributed by atoms with van der Waals surface area (Å²) in [5.74, 6) is 1.36. The van der Waals surface area contributed by atoms with Gasteiger partial charge in [-0.1, -0.05) is 30.9 Å².